The zero-order valence-corrected chi connectivity index (χ0v) is 10.6. The predicted octanol–water partition coefficient (Wildman–Crippen LogP) is 2.06. The zero-order chi connectivity index (χ0) is 11.8. The standard InChI is InChI=1S/C12H20N2OS/c1-2-10-6-7-11(16-10)9-14-8-4-3-5-12(13)15/h6-7,14H,2-5,8-9H2,1H3,(H2,13,15). The molecular weight excluding hydrogens is 220 g/mol. The summed E-state index contributed by atoms with van der Waals surface area (Å²) in [6, 6.07) is 4.37. The first-order valence-corrected chi connectivity index (χ1v) is 6.60. The van der Waals surface area contributed by atoms with E-state index >= 15 is 0 Å². The maximum atomic E-state index is 10.5. The molecule has 16 heavy (non-hydrogen) atoms. The van der Waals surface area contributed by atoms with E-state index in [0.717, 1.165) is 32.4 Å². The van der Waals surface area contributed by atoms with Crippen molar-refractivity contribution in [3.8, 4) is 0 Å². The Morgan fingerprint density at radius 1 is 1.38 bits per heavy atom. The lowest BCUT2D eigenvalue weighted by Gasteiger charge is -2.01. The van der Waals surface area contributed by atoms with Gasteiger partial charge in [0, 0.05) is 22.7 Å². The number of hydrogen-bond donors (Lipinski definition) is 2. The minimum Gasteiger partial charge on any atom is -0.370 e. The van der Waals surface area contributed by atoms with Gasteiger partial charge in [0.15, 0.2) is 0 Å². The van der Waals surface area contributed by atoms with Gasteiger partial charge in [-0.2, -0.15) is 0 Å². The Morgan fingerprint density at radius 3 is 2.75 bits per heavy atom. The number of carbonyl (C=O) groups is 1. The van der Waals surface area contributed by atoms with Gasteiger partial charge in [0.25, 0.3) is 0 Å². The van der Waals surface area contributed by atoms with Crippen LogP contribution in [-0.4, -0.2) is 12.5 Å². The van der Waals surface area contributed by atoms with E-state index < -0.39 is 0 Å². The second kappa shape index (κ2) is 7.41. The van der Waals surface area contributed by atoms with Gasteiger partial charge in [-0.1, -0.05) is 6.92 Å². The highest BCUT2D eigenvalue weighted by Gasteiger charge is 1.98. The Hall–Kier alpha value is -0.870. The van der Waals surface area contributed by atoms with E-state index in [-0.39, 0.29) is 5.91 Å². The van der Waals surface area contributed by atoms with Crippen molar-refractivity contribution in [2.24, 2.45) is 5.73 Å². The van der Waals surface area contributed by atoms with Crippen molar-refractivity contribution in [3.63, 3.8) is 0 Å². The largest absolute Gasteiger partial charge is 0.370 e. The van der Waals surface area contributed by atoms with E-state index in [1.807, 2.05) is 11.3 Å². The first-order valence-electron chi connectivity index (χ1n) is 5.79. The molecule has 0 atom stereocenters. The average molecular weight is 240 g/mol. The van der Waals surface area contributed by atoms with Crippen LogP contribution >= 0.6 is 11.3 Å². The molecule has 0 fully saturated rings. The van der Waals surface area contributed by atoms with Crippen molar-refractivity contribution < 1.29 is 4.79 Å². The SMILES string of the molecule is CCc1ccc(CNCCCCC(N)=O)s1. The number of carbonyl (C=O) groups excluding carboxylic acids is 1. The summed E-state index contributed by atoms with van der Waals surface area (Å²) in [4.78, 5) is 13.3. The molecule has 0 saturated carbocycles. The Bertz CT molecular complexity index is 323. The summed E-state index contributed by atoms with van der Waals surface area (Å²) >= 11 is 1.86. The van der Waals surface area contributed by atoms with E-state index in [9.17, 15) is 4.79 Å². The van der Waals surface area contributed by atoms with E-state index in [2.05, 4.69) is 24.4 Å². The van der Waals surface area contributed by atoms with Crippen LogP contribution in [0.15, 0.2) is 12.1 Å². The number of thiophene rings is 1. The van der Waals surface area contributed by atoms with E-state index in [4.69, 9.17) is 5.73 Å². The van der Waals surface area contributed by atoms with Crippen LogP contribution in [-0.2, 0) is 17.8 Å². The Labute approximate surface area is 101 Å². The topological polar surface area (TPSA) is 55.1 Å². The van der Waals surface area contributed by atoms with Crippen molar-refractivity contribution in [3.05, 3.63) is 21.9 Å². The van der Waals surface area contributed by atoms with E-state index in [0.29, 0.717) is 6.42 Å². The molecule has 0 saturated heterocycles. The summed E-state index contributed by atoms with van der Waals surface area (Å²) in [5.41, 5.74) is 5.06. The number of amides is 1. The molecule has 0 spiro atoms. The minimum atomic E-state index is -0.203. The summed E-state index contributed by atoms with van der Waals surface area (Å²) in [5, 5.41) is 3.37. The molecule has 3 nitrogen and oxygen atoms in total. The van der Waals surface area contributed by atoms with Gasteiger partial charge in [0.05, 0.1) is 0 Å². The van der Waals surface area contributed by atoms with Crippen molar-refractivity contribution in [1.29, 1.82) is 0 Å². The number of unbranched alkanes of at least 4 members (excludes halogenated alkanes) is 1. The normalized spacial score (nSPS) is 10.6. The molecule has 0 aliphatic heterocycles. The van der Waals surface area contributed by atoms with Crippen molar-refractivity contribution in [2.45, 2.75) is 39.2 Å². The first-order chi connectivity index (χ1) is 7.72. The summed E-state index contributed by atoms with van der Waals surface area (Å²) in [6.07, 6.45) is 3.51. The van der Waals surface area contributed by atoms with Gasteiger partial charge >= 0.3 is 0 Å². The number of primary amides is 1. The average Bonchev–Trinajstić information content (AvgIpc) is 2.70. The second-order valence-electron chi connectivity index (χ2n) is 3.82. The highest BCUT2D eigenvalue weighted by atomic mass is 32.1. The third-order valence-electron chi connectivity index (χ3n) is 2.39. The third kappa shape index (κ3) is 5.28. The molecule has 1 heterocycles. The van der Waals surface area contributed by atoms with Crippen molar-refractivity contribution in [2.75, 3.05) is 6.54 Å². The molecule has 0 unspecified atom stereocenters. The fourth-order valence-corrected chi connectivity index (χ4v) is 2.40. The summed E-state index contributed by atoms with van der Waals surface area (Å²) in [7, 11) is 0. The minimum absolute atomic E-state index is 0.203. The fourth-order valence-electron chi connectivity index (χ4n) is 1.47. The van der Waals surface area contributed by atoms with Crippen LogP contribution in [0.1, 0.15) is 35.9 Å². The lowest BCUT2D eigenvalue weighted by Crippen LogP contribution is -2.15. The number of rotatable bonds is 8. The molecule has 0 aliphatic carbocycles. The van der Waals surface area contributed by atoms with Crippen LogP contribution in [0.5, 0.6) is 0 Å². The number of nitrogens with two attached hydrogens (primary N) is 1. The molecule has 1 amide bonds. The summed E-state index contributed by atoms with van der Waals surface area (Å²) in [6.45, 7) is 4.06. The van der Waals surface area contributed by atoms with Gasteiger partial charge in [-0.05, 0) is 37.9 Å². The fraction of sp³-hybridized carbons (Fsp3) is 0.583. The van der Waals surface area contributed by atoms with Gasteiger partial charge in [0.1, 0.15) is 0 Å². The second-order valence-corrected chi connectivity index (χ2v) is 5.07. The molecule has 0 aromatic carbocycles. The Balaban J connectivity index is 2.04. The lowest BCUT2D eigenvalue weighted by molar-refractivity contribution is -0.118. The maximum absolute atomic E-state index is 10.5. The molecule has 3 N–H and O–H groups in total. The molecule has 1 aromatic heterocycles. The first kappa shape index (κ1) is 13.2. The summed E-state index contributed by atoms with van der Waals surface area (Å²) in [5.74, 6) is -0.203. The van der Waals surface area contributed by atoms with Gasteiger partial charge < -0.3 is 11.1 Å². The van der Waals surface area contributed by atoms with Gasteiger partial charge in [-0.15, -0.1) is 11.3 Å². The van der Waals surface area contributed by atoms with Crippen molar-refractivity contribution >= 4 is 17.2 Å². The van der Waals surface area contributed by atoms with Gasteiger partial charge in [0.2, 0.25) is 5.91 Å². The molecule has 90 valence electrons. The lowest BCUT2D eigenvalue weighted by atomic mass is 10.2. The molecule has 1 aromatic rings. The number of hydrogen-bond acceptors (Lipinski definition) is 3. The molecule has 0 bridgehead atoms. The highest BCUT2D eigenvalue weighted by molar-refractivity contribution is 7.11. The predicted molar refractivity (Wildman–Crippen MR) is 68.4 cm³/mol. The van der Waals surface area contributed by atoms with Crippen LogP contribution in [0, 0.1) is 0 Å². The highest BCUT2D eigenvalue weighted by Crippen LogP contribution is 2.16. The van der Waals surface area contributed by atoms with Gasteiger partial charge in [-0.3, -0.25) is 4.79 Å². The number of aryl methyl sites for hydroxylation is 1. The Kier molecular flexibility index (Phi) is 6.11. The summed E-state index contributed by atoms with van der Waals surface area (Å²) < 4.78 is 0. The molecule has 0 radical (unpaired) electrons. The third-order valence-corrected chi connectivity index (χ3v) is 3.62. The van der Waals surface area contributed by atoms with Crippen LogP contribution in [0.25, 0.3) is 0 Å². The number of nitrogens with one attached hydrogen (secondary N) is 1. The molecule has 0 aliphatic rings. The van der Waals surface area contributed by atoms with Crippen LogP contribution in [0.4, 0.5) is 0 Å². The van der Waals surface area contributed by atoms with Gasteiger partial charge in [-0.25, -0.2) is 0 Å². The monoisotopic (exact) mass is 240 g/mol. The maximum Gasteiger partial charge on any atom is 0.217 e. The molecule has 1 rings (SSSR count). The van der Waals surface area contributed by atoms with E-state index in [1.165, 1.54) is 9.75 Å². The Morgan fingerprint density at radius 2 is 2.12 bits per heavy atom. The van der Waals surface area contributed by atoms with Crippen molar-refractivity contribution in [1.82, 2.24) is 5.32 Å². The quantitative estimate of drug-likeness (QED) is 0.683. The zero-order valence-electron chi connectivity index (χ0n) is 9.79. The van der Waals surface area contributed by atoms with Crippen LogP contribution in [0.2, 0.25) is 0 Å². The van der Waals surface area contributed by atoms with Crippen LogP contribution in [0.3, 0.4) is 0 Å². The van der Waals surface area contributed by atoms with Crippen LogP contribution < -0.4 is 11.1 Å². The molecular formula is C12H20N2OS. The van der Waals surface area contributed by atoms with E-state index in [1.54, 1.807) is 0 Å². The molecule has 4 heteroatoms. The smallest absolute Gasteiger partial charge is 0.217 e.